The fourth-order valence-corrected chi connectivity index (χ4v) is 3.93. The van der Waals surface area contributed by atoms with Crippen LogP contribution in [0.3, 0.4) is 0 Å². The molecular weight excluding hydrogens is 244 g/mol. The Morgan fingerprint density at radius 2 is 1.05 bits per heavy atom. The van der Waals surface area contributed by atoms with Crippen molar-refractivity contribution in [2.24, 2.45) is 0 Å². The molecule has 0 atom stereocenters. The van der Waals surface area contributed by atoms with Gasteiger partial charge in [0.05, 0.1) is 8.07 Å². The minimum Gasteiger partial charge on any atom is -0.0656 e. The van der Waals surface area contributed by atoms with Crippen molar-refractivity contribution in [2.75, 3.05) is 0 Å². The minimum absolute atomic E-state index is 0.616. The van der Waals surface area contributed by atoms with Crippen molar-refractivity contribution in [3.05, 3.63) is 28.8 Å². The van der Waals surface area contributed by atoms with Crippen molar-refractivity contribution in [1.29, 1.82) is 0 Å². The zero-order chi connectivity index (χ0) is 15.0. The van der Waals surface area contributed by atoms with E-state index in [0.717, 1.165) is 0 Å². The fourth-order valence-electron chi connectivity index (χ4n) is 2.75. The van der Waals surface area contributed by atoms with Crippen LogP contribution in [0.2, 0.25) is 19.6 Å². The molecule has 0 amide bonds. The summed E-state index contributed by atoms with van der Waals surface area (Å²) in [6.07, 6.45) is 0. The van der Waals surface area contributed by atoms with Gasteiger partial charge in [0.15, 0.2) is 0 Å². The van der Waals surface area contributed by atoms with E-state index < -0.39 is 8.07 Å². The lowest BCUT2D eigenvalue weighted by Crippen LogP contribution is -2.38. The zero-order valence-corrected chi connectivity index (χ0v) is 15.4. The van der Waals surface area contributed by atoms with Gasteiger partial charge in [-0.25, -0.2) is 0 Å². The van der Waals surface area contributed by atoms with E-state index >= 15 is 0 Å². The largest absolute Gasteiger partial charge is 0.0776 e. The second-order valence-corrected chi connectivity index (χ2v) is 12.9. The summed E-state index contributed by atoms with van der Waals surface area (Å²) in [5, 5.41) is 1.62. The number of benzene rings is 1. The van der Waals surface area contributed by atoms with Gasteiger partial charge in [0, 0.05) is 0 Å². The molecule has 0 N–H and O–H groups in total. The lowest BCUT2D eigenvalue weighted by atomic mass is 9.83. The number of rotatable bonds is 4. The Morgan fingerprint density at radius 1 is 0.684 bits per heavy atom. The van der Waals surface area contributed by atoms with Gasteiger partial charge in [-0.1, -0.05) is 78.5 Å². The summed E-state index contributed by atoms with van der Waals surface area (Å²) in [4.78, 5) is 0. The topological polar surface area (TPSA) is 0 Å². The van der Waals surface area contributed by atoms with Gasteiger partial charge >= 0.3 is 0 Å². The first-order valence-electron chi connectivity index (χ1n) is 7.73. The lowest BCUT2D eigenvalue weighted by molar-refractivity contribution is 0.749. The highest BCUT2D eigenvalue weighted by Crippen LogP contribution is 2.33. The maximum Gasteiger partial charge on any atom is 0.0776 e. The summed E-state index contributed by atoms with van der Waals surface area (Å²) < 4.78 is 0. The van der Waals surface area contributed by atoms with Gasteiger partial charge in [-0.05, 0) is 34.4 Å². The molecule has 0 aromatic heterocycles. The molecule has 0 aliphatic heterocycles. The predicted octanol–water partition coefficient (Wildman–Crippen LogP) is 5.60. The van der Waals surface area contributed by atoms with E-state index in [2.05, 4.69) is 73.3 Å². The average molecular weight is 277 g/mol. The molecule has 0 bridgehead atoms. The fraction of sp³-hybridized carbons (Fsp3) is 0.667. The summed E-state index contributed by atoms with van der Waals surface area (Å²) in [6, 6.07) is 5.02. The molecule has 0 nitrogen and oxygen atoms in total. The molecule has 0 saturated carbocycles. The first-order valence-corrected chi connectivity index (χ1v) is 11.2. The molecule has 1 aromatic carbocycles. The summed E-state index contributed by atoms with van der Waals surface area (Å²) in [6.45, 7) is 21.3. The van der Waals surface area contributed by atoms with Crippen LogP contribution in [0.4, 0.5) is 0 Å². The summed E-state index contributed by atoms with van der Waals surface area (Å²) in [5.41, 5.74) is 4.77. The molecule has 0 heterocycles. The molecular formula is C18H32Si. The molecule has 0 spiro atoms. The Hall–Kier alpha value is -0.563. The third-order valence-electron chi connectivity index (χ3n) is 3.93. The van der Waals surface area contributed by atoms with Crippen molar-refractivity contribution in [3.8, 4) is 0 Å². The van der Waals surface area contributed by atoms with Crippen LogP contribution in [-0.4, -0.2) is 8.07 Å². The molecule has 1 rings (SSSR count). The summed E-state index contributed by atoms with van der Waals surface area (Å²) >= 11 is 0. The smallest absolute Gasteiger partial charge is 0.0656 e. The quantitative estimate of drug-likeness (QED) is 0.628. The third-order valence-corrected chi connectivity index (χ3v) is 5.95. The minimum atomic E-state index is -1.25. The van der Waals surface area contributed by atoms with Crippen LogP contribution in [0.5, 0.6) is 0 Å². The Bertz CT molecular complexity index is 404. The molecule has 0 aliphatic carbocycles. The van der Waals surface area contributed by atoms with Crippen molar-refractivity contribution in [1.82, 2.24) is 0 Å². The maximum atomic E-state index is 2.51. The van der Waals surface area contributed by atoms with E-state index in [0.29, 0.717) is 17.8 Å². The van der Waals surface area contributed by atoms with Crippen LogP contribution in [0.25, 0.3) is 0 Å². The number of hydrogen-bond donors (Lipinski definition) is 0. The van der Waals surface area contributed by atoms with Crippen LogP contribution in [-0.2, 0) is 0 Å². The highest BCUT2D eigenvalue weighted by molar-refractivity contribution is 6.88. The van der Waals surface area contributed by atoms with Gasteiger partial charge in [-0.2, -0.15) is 0 Å². The highest BCUT2D eigenvalue weighted by Gasteiger charge is 2.23. The second kappa shape index (κ2) is 5.83. The second-order valence-electron chi connectivity index (χ2n) is 7.78. The zero-order valence-electron chi connectivity index (χ0n) is 14.4. The van der Waals surface area contributed by atoms with Crippen LogP contribution in [0, 0.1) is 0 Å². The van der Waals surface area contributed by atoms with E-state index in [-0.39, 0.29) is 0 Å². The molecule has 0 radical (unpaired) electrons. The van der Waals surface area contributed by atoms with E-state index in [1.54, 1.807) is 21.9 Å². The van der Waals surface area contributed by atoms with E-state index in [1.165, 1.54) is 0 Å². The average Bonchev–Trinajstić information content (AvgIpc) is 2.25. The first kappa shape index (κ1) is 16.5. The van der Waals surface area contributed by atoms with Gasteiger partial charge < -0.3 is 0 Å². The molecule has 108 valence electrons. The summed E-state index contributed by atoms with van der Waals surface area (Å²) in [7, 11) is -1.25. The Morgan fingerprint density at radius 3 is 1.26 bits per heavy atom. The van der Waals surface area contributed by atoms with Crippen LogP contribution >= 0.6 is 0 Å². The van der Waals surface area contributed by atoms with Crippen LogP contribution in [0.15, 0.2) is 12.1 Å². The Balaban J connectivity index is 3.63. The molecule has 0 fully saturated rings. The first-order chi connectivity index (χ1) is 8.55. The van der Waals surface area contributed by atoms with Crippen molar-refractivity contribution >= 4 is 13.3 Å². The highest BCUT2D eigenvalue weighted by atomic mass is 28.3. The maximum absolute atomic E-state index is 2.51. The van der Waals surface area contributed by atoms with Gasteiger partial charge in [-0.3, -0.25) is 0 Å². The van der Waals surface area contributed by atoms with E-state index in [1.807, 2.05) is 0 Å². The van der Waals surface area contributed by atoms with Gasteiger partial charge in [0.25, 0.3) is 0 Å². The van der Waals surface area contributed by atoms with Crippen molar-refractivity contribution < 1.29 is 0 Å². The van der Waals surface area contributed by atoms with E-state index in [9.17, 15) is 0 Å². The standard InChI is InChI=1S/C18H32Si/c1-12(2)16-10-15(19(7,8)9)11-17(13(3)4)18(16)14(5)6/h10-14H,1-9H3. The SMILES string of the molecule is CC(C)c1cc([Si](C)(C)C)cc(C(C)C)c1C(C)C. The van der Waals surface area contributed by atoms with Gasteiger partial charge in [-0.15, -0.1) is 0 Å². The Kier molecular flexibility index (Phi) is 5.06. The van der Waals surface area contributed by atoms with Crippen molar-refractivity contribution in [3.63, 3.8) is 0 Å². The third kappa shape index (κ3) is 3.72. The monoisotopic (exact) mass is 276 g/mol. The van der Waals surface area contributed by atoms with Crippen molar-refractivity contribution in [2.45, 2.75) is 78.9 Å². The predicted molar refractivity (Wildman–Crippen MR) is 91.7 cm³/mol. The summed E-state index contributed by atoms with van der Waals surface area (Å²) in [5.74, 6) is 1.85. The molecule has 1 heteroatoms. The van der Waals surface area contributed by atoms with Crippen LogP contribution in [0.1, 0.15) is 76.0 Å². The molecule has 1 aromatic rings. The van der Waals surface area contributed by atoms with Crippen LogP contribution < -0.4 is 5.19 Å². The normalized spacial score (nSPS) is 12.8. The number of hydrogen-bond acceptors (Lipinski definition) is 0. The lowest BCUT2D eigenvalue weighted by Gasteiger charge is -2.27. The molecule has 0 unspecified atom stereocenters. The van der Waals surface area contributed by atoms with Gasteiger partial charge in [0.2, 0.25) is 0 Å². The molecule has 19 heavy (non-hydrogen) atoms. The molecule has 0 saturated heterocycles. The van der Waals surface area contributed by atoms with E-state index in [4.69, 9.17) is 0 Å². The Labute approximate surface area is 121 Å². The van der Waals surface area contributed by atoms with Gasteiger partial charge in [0.1, 0.15) is 0 Å². The molecule has 0 aliphatic rings.